The first-order chi connectivity index (χ1) is 12.5. The minimum Gasteiger partial charge on any atom is -0.490 e. The van der Waals surface area contributed by atoms with E-state index in [-0.39, 0.29) is 12.3 Å². The van der Waals surface area contributed by atoms with E-state index in [9.17, 15) is 10.1 Å². The molecule has 0 aromatic heterocycles. The molecule has 2 aromatic carbocycles. The van der Waals surface area contributed by atoms with Crippen LogP contribution in [0.5, 0.6) is 11.5 Å². The fourth-order valence-corrected chi connectivity index (χ4v) is 2.59. The predicted octanol–water partition coefficient (Wildman–Crippen LogP) is 4.21. The largest absolute Gasteiger partial charge is 0.490 e. The molecule has 134 valence electrons. The van der Waals surface area contributed by atoms with Gasteiger partial charge in [-0.15, -0.1) is 6.42 Å². The topological polar surface area (TPSA) is 86.0 Å². The van der Waals surface area contributed by atoms with Gasteiger partial charge in [0.15, 0.2) is 11.5 Å². The Bertz CT molecular complexity index is 845. The molecule has 2 aromatic rings. The molecule has 2 rings (SSSR count). The molecule has 0 heterocycles. The molecule has 1 N–H and O–H groups in total. The number of nitro benzene ring substituents is 1. The second-order valence-corrected chi connectivity index (χ2v) is 5.78. The highest BCUT2D eigenvalue weighted by Gasteiger charge is 2.11. The molecule has 0 amide bonds. The van der Waals surface area contributed by atoms with Crippen LogP contribution in [0.3, 0.4) is 0 Å². The molecule has 0 radical (unpaired) electrons. The van der Waals surface area contributed by atoms with Crippen LogP contribution in [0, 0.1) is 22.5 Å². The zero-order chi connectivity index (χ0) is 18.9. The number of hydrazone groups is 1. The first-order valence-electron chi connectivity index (χ1n) is 7.61. The Balaban J connectivity index is 2.13. The van der Waals surface area contributed by atoms with Crippen molar-refractivity contribution in [3.8, 4) is 23.8 Å². The second-order valence-electron chi connectivity index (χ2n) is 4.93. The zero-order valence-corrected chi connectivity index (χ0v) is 15.5. The van der Waals surface area contributed by atoms with Gasteiger partial charge in [-0.05, 0) is 52.7 Å². The normalized spacial score (nSPS) is 10.3. The minimum absolute atomic E-state index is 0.0207. The Labute approximate surface area is 159 Å². The van der Waals surface area contributed by atoms with Crippen molar-refractivity contribution in [2.45, 2.75) is 6.92 Å². The lowest BCUT2D eigenvalue weighted by molar-refractivity contribution is -0.384. The van der Waals surface area contributed by atoms with Gasteiger partial charge in [-0.2, -0.15) is 5.10 Å². The summed E-state index contributed by atoms with van der Waals surface area (Å²) in [4.78, 5) is 10.2. The van der Waals surface area contributed by atoms with Gasteiger partial charge in [0.05, 0.1) is 27.9 Å². The maximum Gasteiger partial charge on any atom is 0.269 e. The first kappa shape index (κ1) is 19.3. The van der Waals surface area contributed by atoms with E-state index in [1.165, 1.54) is 12.1 Å². The van der Waals surface area contributed by atoms with Gasteiger partial charge in [0.1, 0.15) is 6.61 Å². The van der Waals surface area contributed by atoms with Crippen molar-refractivity contribution < 1.29 is 14.4 Å². The van der Waals surface area contributed by atoms with E-state index in [2.05, 4.69) is 32.4 Å². The molecule has 0 saturated carbocycles. The predicted molar refractivity (Wildman–Crippen MR) is 104 cm³/mol. The lowest BCUT2D eigenvalue weighted by Crippen LogP contribution is -2.01. The van der Waals surface area contributed by atoms with Gasteiger partial charge in [-0.1, -0.05) is 5.92 Å². The average molecular weight is 418 g/mol. The third kappa shape index (κ3) is 5.22. The molecule has 7 nitrogen and oxygen atoms in total. The molecule has 0 saturated heterocycles. The minimum atomic E-state index is -0.455. The van der Waals surface area contributed by atoms with Crippen molar-refractivity contribution in [2.24, 2.45) is 5.10 Å². The van der Waals surface area contributed by atoms with E-state index < -0.39 is 4.92 Å². The molecule has 8 heteroatoms. The zero-order valence-electron chi connectivity index (χ0n) is 13.9. The number of halogens is 1. The van der Waals surface area contributed by atoms with E-state index in [0.29, 0.717) is 28.3 Å². The van der Waals surface area contributed by atoms with Gasteiger partial charge in [0, 0.05) is 12.1 Å². The first-order valence-corrected chi connectivity index (χ1v) is 8.40. The number of non-ortho nitro benzene ring substituents is 1. The van der Waals surface area contributed by atoms with Crippen LogP contribution in [0.25, 0.3) is 0 Å². The van der Waals surface area contributed by atoms with Crippen LogP contribution in [-0.4, -0.2) is 24.4 Å². The average Bonchev–Trinajstić information content (AvgIpc) is 2.62. The van der Waals surface area contributed by atoms with Crippen LogP contribution in [0.15, 0.2) is 46.0 Å². The van der Waals surface area contributed by atoms with Gasteiger partial charge < -0.3 is 9.47 Å². The number of nitrogens with zero attached hydrogens (tertiary/aromatic N) is 2. The highest BCUT2D eigenvalue weighted by Crippen LogP contribution is 2.36. The monoisotopic (exact) mass is 417 g/mol. The molecule has 0 bridgehead atoms. The Morgan fingerprint density at radius 2 is 2.08 bits per heavy atom. The lowest BCUT2D eigenvalue weighted by atomic mass is 10.2. The van der Waals surface area contributed by atoms with Crippen LogP contribution in [0.2, 0.25) is 0 Å². The summed E-state index contributed by atoms with van der Waals surface area (Å²) in [7, 11) is 0. The number of hydrogen-bond acceptors (Lipinski definition) is 6. The van der Waals surface area contributed by atoms with Crippen LogP contribution in [0.4, 0.5) is 11.4 Å². The Hall–Kier alpha value is -3.05. The maximum absolute atomic E-state index is 10.6. The van der Waals surface area contributed by atoms with Gasteiger partial charge in [0.2, 0.25) is 0 Å². The van der Waals surface area contributed by atoms with E-state index in [0.717, 1.165) is 5.56 Å². The molecule has 0 spiro atoms. The number of rotatable bonds is 8. The van der Waals surface area contributed by atoms with Crippen LogP contribution < -0.4 is 14.9 Å². The number of nitro groups is 1. The standard InChI is InChI=1S/C18H16BrN3O4/c1-3-9-26-18-16(19)10-13(11-17(18)25-4-2)12-20-21-14-5-7-15(8-6-14)22(23)24/h1,5-8,10-12,21H,4,9H2,2H3/b20-12+. The molecule has 0 fully saturated rings. The van der Waals surface area contributed by atoms with Gasteiger partial charge in [-0.3, -0.25) is 15.5 Å². The summed E-state index contributed by atoms with van der Waals surface area (Å²) in [6.07, 6.45) is 6.83. The Kier molecular flexibility index (Phi) is 7.00. The number of terminal acetylenes is 1. The summed E-state index contributed by atoms with van der Waals surface area (Å²) < 4.78 is 11.8. The lowest BCUT2D eigenvalue weighted by Gasteiger charge is -2.13. The summed E-state index contributed by atoms with van der Waals surface area (Å²) in [5.41, 5.74) is 4.23. The second kappa shape index (κ2) is 9.44. The molecular weight excluding hydrogens is 402 g/mol. The van der Waals surface area contributed by atoms with Gasteiger partial charge >= 0.3 is 0 Å². The van der Waals surface area contributed by atoms with Crippen molar-refractivity contribution in [3.05, 3.63) is 56.5 Å². The number of nitrogens with one attached hydrogen (secondary N) is 1. The van der Waals surface area contributed by atoms with Crippen molar-refractivity contribution in [1.82, 2.24) is 0 Å². The molecule has 0 atom stereocenters. The number of anilines is 1. The molecular formula is C18H16BrN3O4. The third-order valence-electron chi connectivity index (χ3n) is 3.12. The van der Waals surface area contributed by atoms with E-state index >= 15 is 0 Å². The van der Waals surface area contributed by atoms with E-state index in [1.54, 1.807) is 24.4 Å². The van der Waals surface area contributed by atoms with Gasteiger partial charge in [-0.25, -0.2) is 0 Å². The molecule has 0 aliphatic rings. The molecule has 0 unspecified atom stereocenters. The highest BCUT2D eigenvalue weighted by atomic mass is 79.9. The number of benzene rings is 2. The summed E-state index contributed by atoms with van der Waals surface area (Å²) in [5, 5.41) is 14.8. The summed E-state index contributed by atoms with van der Waals surface area (Å²) in [5.74, 6) is 3.50. The quantitative estimate of drug-likeness (QED) is 0.300. The summed E-state index contributed by atoms with van der Waals surface area (Å²) in [6.45, 7) is 2.48. The fraction of sp³-hybridized carbons (Fsp3) is 0.167. The third-order valence-corrected chi connectivity index (χ3v) is 3.71. The van der Waals surface area contributed by atoms with Gasteiger partial charge in [0.25, 0.3) is 5.69 Å². The highest BCUT2D eigenvalue weighted by molar-refractivity contribution is 9.10. The number of ether oxygens (including phenoxy) is 2. The SMILES string of the molecule is C#CCOc1c(Br)cc(/C=N/Nc2ccc([N+](=O)[O-])cc2)cc1OCC. The number of hydrogen-bond donors (Lipinski definition) is 1. The van der Waals surface area contributed by atoms with Crippen molar-refractivity contribution in [3.63, 3.8) is 0 Å². The van der Waals surface area contributed by atoms with E-state index in [4.69, 9.17) is 15.9 Å². The summed E-state index contributed by atoms with van der Waals surface area (Å²) >= 11 is 3.44. The Morgan fingerprint density at radius 1 is 1.35 bits per heavy atom. The molecule has 26 heavy (non-hydrogen) atoms. The van der Waals surface area contributed by atoms with Crippen molar-refractivity contribution >= 4 is 33.5 Å². The van der Waals surface area contributed by atoms with Crippen molar-refractivity contribution in [2.75, 3.05) is 18.6 Å². The summed E-state index contributed by atoms with van der Waals surface area (Å²) in [6, 6.07) is 9.55. The Morgan fingerprint density at radius 3 is 2.69 bits per heavy atom. The van der Waals surface area contributed by atoms with Crippen LogP contribution in [0.1, 0.15) is 12.5 Å². The van der Waals surface area contributed by atoms with Crippen LogP contribution in [-0.2, 0) is 0 Å². The fourth-order valence-electron chi connectivity index (χ4n) is 2.02. The molecule has 0 aliphatic heterocycles. The maximum atomic E-state index is 10.6. The molecule has 0 aliphatic carbocycles. The van der Waals surface area contributed by atoms with Crippen molar-refractivity contribution in [1.29, 1.82) is 0 Å². The van der Waals surface area contributed by atoms with Crippen LogP contribution >= 0.6 is 15.9 Å². The smallest absolute Gasteiger partial charge is 0.269 e. The van der Waals surface area contributed by atoms with E-state index in [1.807, 2.05) is 13.0 Å².